The van der Waals surface area contributed by atoms with Crippen molar-refractivity contribution < 1.29 is 9.47 Å². The molecule has 1 aromatic carbocycles. The van der Waals surface area contributed by atoms with Gasteiger partial charge in [0.25, 0.3) is 0 Å². The van der Waals surface area contributed by atoms with E-state index in [9.17, 15) is 0 Å². The van der Waals surface area contributed by atoms with Crippen LogP contribution in [0.15, 0.2) is 29.3 Å². The van der Waals surface area contributed by atoms with E-state index in [0.717, 1.165) is 63.3 Å². The Balaban J connectivity index is 0.00000364. The van der Waals surface area contributed by atoms with Crippen molar-refractivity contribution in [1.29, 1.82) is 0 Å². The molecule has 0 aromatic heterocycles. The SMILES string of the molecule is CCNC(=NCCCc1cccc(OC)c1)N(C)CCC1CCOCC1.I. The van der Waals surface area contributed by atoms with Crippen molar-refractivity contribution in [3.05, 3.63) is 29.8 Å². The molecular weight excluding hydrogens is 453 g/mol. The summed E-state index contributed by atoms with van der Waals surface area (Å²) in [6.45, 7) is 6.75. The lowest BCUT2D eigenvalue weighted by atomic mass is 9.96. The molecule has 27 heavy (non-hydrogen) atoms. The van der Waals surface area contributed by atoms with Crippen LogP contribution in [-0.4, -0.2) is 57.9 Å². The van der Waals surface area contributed by atoms with Crippen molar-refractivity contribution in [1.82, 2.24) is 10.2 Å². The second-order valence-electron chi connectivity index (χ2n) is 6.96. The molecule has 154 valence electrons. The van der Waals surface area contributed by atoms with Crippen LogP contribution in [-0.2, 0) is 11.2 Å². The lowest BCUT2D eigenvalue weighted by molar-refractivity contribution is 0.0625. The lowest BCUT2D eigenvalue weighted by Crippen LogP contribution is -2.40. The lowest BCUT2D eigenvalue weighted by Gasteiger charge is -2.26. The predicted molar refractivity (Wildman–Crippen MR) is 123 cm³/mol. The minimum Gasteiger partial charge on any atom is -0.497 e. The van der Waals surface area contributed by atoms with Crippen LogP contribution < -0.4 is 10.1 Å². The molecule has 1 aliphatic rings. The molecule has 5 nitrogen and oxygen atoms in total. The molecule has 1 N–H and O–H groups in total. The maximum atomic E-state index is 5.45. The average molecular weight is 489 g/mol. The molecule has 1 aromatic rings. The zero-order valence-corrected chi connectivity index (χ0v) is 19.4. The van der Waals surface area contributed by atoms with E-state index in [4.69, 9.17) is 14.5 Å². The molecule has 0 spiro atoms. The van der Waals surface area contributed by atoms with Gasteiger partial charge in [-0.2, -0.15) is 0 Å². The Morgan fingerprint density at radius 2 is 2.11 bits per heavy atom. The van der Waals surface area contributed by atoms with Crippen molar-refractivity contribution in [2.45, 2.75) is 39.0 Å². The Labute approximate surface area is 181 Å². The maximum absolute atomic E-state index is 5.45. The second kappa shape index (κ2) is 14.0. The van der Waals surface area contributed by atoms with E-state index in [1.165, 1.54) is 24.8 Å². The first-order valence-electron chi connectivity index (χ1n) is 9.93. The molecule has 0 amide bonds. The van der Waals surface area contributed by atoms with Gasteiger partial charge >= 0.3 is 0 Å². The summed E-state index contributed by atoms with van der Waals surface area (Å²) in [5.74, 6) is 2.74. The third-order valence-electron chi connectivity index (χ3n) is 4.93. The smallest absolute Gasteiger partial charge is 0.193 e. The fourth-order valence-corrected chi connectivity index (χ4v) is 3.28. The van der Waals surface area contributed by atoms with Gasteiger partial charge in [-0.3, -0.25) is 4.99 Å². The Morgan fingerprint density at radius 3 is 2.81 bits per heavy atom. The van der Waals surface area contributed by atoms with E-state index >= 15 is 0 Å². The van der Waals surface area contributed by atoms with Crippen LogP contribution in [0.4, 0.5) is 0 Å². The first kappa shape index (κ1) is 24.0. The number of nitrogens with zero attached hydrogens (tertiary/aromatic N) is 2. The highest BCUT2D eigenvalue weighted by molar-refractivity contribution is 14.0. The van der Waals surface area contributed by atoms with Crippen molar-refractivity contribution >= 4 is 29.9 Å². The molecular formula is C21H36IN3O2. The molecule has 2 rings (SSSR count). The molecule has 1 heterocycles. The van der Waals surface area contributed by atoms with Gasteiger partial charge in [0.05, 0.1) is 7.11 Å². The molecule has 0 atom stereocenters. The van der Waals surface area contributed by atoms with Crippen LogP contribution >= 0.6 is 24.0 Å². The summed E-state index contributed by atoms with van der Waals surface area (Å²) in [6.07, 6.45) is 5.67. The van der Waals surface area contributed by atoms with Gasteiger partial charge in [-0.05, 0) is 62.6 Å². The van der Waals surface area contributed by atoms with Gasteiger partial charge in [0.2, 0.25) is 0 Å². The number of benzene rings is 1. The number of hydrogen-bond acceptors (Lipinski definition) is 3. The average Bonchev–Trinajstić information content (AvgIpc) is 2.69. The van der Waals surface area contributed by atoms with E-state index < -0.39 is 0 Å². The summed E-state index contributed by atoms with van der Waals surface area (Å²) < 4.78 is 10.7. The monoisotopic (exact) mass is 489 g/mol. The van der Waals surface area contributed by atoms with Crippen LogP contribution in [0.25, 0.3) is 0 Å². The number of methoxy groups -OCH3 is 1. The van der Waals surface area contributed by atoms with Crippen LogP contribution in [0.1, 0.15) is 38.2 Å². The quantitative estimate of drug-likeness (QED) is 0.247. The molecule has 0 aliphatic carbocycles. The summed E-state index contributed by atoms with van der Waals surface area (Å²) in [5.41, 5.74) is 1.30. The standard InChI is InChI=1S/C21H35N3O2.HI/c1-4-22-21(24(2)14-10-18-11-15-26-16-12-18)23-13-6-8-19-7-5-9-20(17-19)25-3;/h5,7,9,17-18H,4,6,8,10-16H2,1-3H3,(H,22,23);1H. The summed E-state index contributed by atoms with van der Waals surface area (Å²) in [4.78, 5) is 7.08. The molecule has 1 aliphatic heterocycles. The maximum Gasteiger partial charge on any atom is 0.193 e. The van der Waals surface area contributed by atoms with Gasteiger partial charge in [0.15, 0.2) is 5.96 Å². The second-order valence-corrected chi connectivity index (χ2v) is 6.96. The number of nitrogens with one attached hydrogen (secondary N) is 1. The minimum absolute atomic E-state index is 0. The Bertz CT molecular complexity index is 548. The number of aryl methyl sites for hydroxylation is 1. The van der Waals surface area contributed by atoms with E-state index in [1.807, 2.05) is 12.1 Å². The third-order valence-corrected chi connectivity index (χ3v) is 4.93. The van der Waals surface area contributed by atoms with Gasteiger partial charge in [-0.1, -0.05) is 12.1 Å². The van der Waals surface area contributed by atoms with Crippen molar-refractivity contribution in [3.8, 4) is 5.75 Å². The molecule has 0 saturated carbocycles. The van der Waals surface area contributed by atoms with E-state index in [1.54, 1.807) is 7.11 Å². The highest BCUT2D eigenvalue weighted by atomic mass is 127. The van der Waals surface area contributed by atoms with E-state index in [2.05, 4.69) is 36.3 Å². The summed E-state index contributed by atoms with van der Waals surface area (Å²) in [5, 5.41) is 3.42. The van der Waals surface area contributed by atoms with E-state index in [-0.39, 0.29) is 24.0 Å². The first-order valence-corrected chi connectivity index (χ1v) is 9.93. The van der Waals surface area contributed by atoms with Crippen LogP contribution in [0, 0.1) is 5.92 Å². The van der Waals surface area contributed by atoms with Crippen molar-refractivity contribution in [3.63, 3.8) is 0 Å². The number of guanidine groups is 1. The predicted octanol–water partition coefficient (Wildman–Crippen LogP) is 3.96. The largest absolute Gasteiger partial charge is 0.497 e. The number of aliphatic imine (C=N–C) groups is 1. The highest BCUT2D eigenvalue weighted by Crippen LogP contribution is 2.18. The van der Waals surface area contributed by atoms with Crippen LogP contribution in [0.5, 0.6) is 5.75 Å². The molecule has 0 unspecified atom stereocenters. The number of rotatable bonds is 9. The van der Waals surface area contributed by atoms with Crippen LogP contribution in [0.2, 0.25) is 0 Å². The first-order chi connectivity index (χ1) is 12.7. The highest BCUT2D eigenvalue weighted by Gasteiger charge is 2.15. The van der Waals surface area contributed by atoms with Crippen LogP contribution in [0.3, 0.4) is 0 Å². The van der Waals surface area contributed by atoms with Crippen molar-refractivity contribution in [2.24, 2.45) is 10.9 Å². The molecule has 1 saturated heterocycles. The topological polar surface area (TPSA) is 46.1 Å². The Morgan fingerprint density at radius 1 is 1.33 bits per heavy atom. The molecule has 0 radical (unpaired) electrons. The molecule has 6 heteroatoms. The molecule has 0 bridgehead atoms. The van der Waals surface area contributed by atoms with E-state index in [0.29, 0.717) is 0 Å². The van der Waals surface area contributed by atoms with Crippen molar-refractivity contribution in [2.75, 3.05) is 47.0 Å². The Kier molecular flexibility index (Phi) is 12.5. The third kappa shape index (κ3) is 9.14. The van der Waals surface area contributed by atoms with Gasteiger partial charge in [0.1, 0.15) is 5.75 Å². The molecule has 1 fully saturated rings. The zero-order valence-electron chi connectivity index (χ0n) is 17.1. The minimum atomic E-state index is 0. The number of hydrogen-bond donors (Lipinski definition) is 1. The fourth-order valence-electron chi connectivity index (χ4n) is 3.28. The summed E-state index contributed by atoms with van der Waals surface area (Å²) in [6, 6.07) is 8.29. The van der Waals surface area contributed by atoms with Gasteiger partial charge in [-0.25, -0.2) is 0 Å². The number of ether oxygens (including phenoxy) is 2. The number of halogens is 1. The Hall–Kier alpha value is -1.02. The summed E-state index contributed by atoms with van der Waals surface area (Å²) >= 11 is 0. The van der Waals surface area contributed by atoms with Gasteiger partial charge < -0.3 is 19.7 Å². The zero-order chi connectivity index (χ0) is 18.6. The normalized spacial score (nSPS) is 15.1. The fraction of sp³-hybridized carbons (Fsp3) is 0.667. The summed E-state index contributed by atoms with van der Waals surface area (Å²) in [7, 11) is 3.85. The van der Waals surface area contributed by atoms with Gasteiger partial charge in [0, 0.05) is 39.9 Å². The van der Waals surface area contributed by atoms with Gasteiger partial charge in [-0.15, -0.1) is 24.0 Å².